The van der Waals surface area contributed by atoms with Gasteiger partial charge in [-0.3, -0.25) is 14.5 Å². The van der Waals surface area contributed by atoms with Crippen molar-refractivity contribution in [3.05, 3.63) is 18.1 Å². The number of nitrogens with one attached hydrogen (secondary N) is 1. The highest BCUT2D eigenvalue weighted by Gasteiger charge is 2.46. The molecule has 14 heteroatoms. The zero-order valence-corrected chi connectivity index (χ0v) is 15.5. The summed E-state index contributed by atoms with van der Waals surface area (Å²) in [5.74, 6) is 0. The summed E-state index contributed by atoms with van der Waals surface area (Å²) < 4.78 is 13.6. The van der Waals surface area contributed by atoms with Crippen LogP contribution in [0.3, 0.4) is 0 Å². The Morgan fingerprint density at radius 3 is 1.77 bits per heavy atom. The molecule has 4 rings (SSSR count). The first-order chi connectivity index (χ1) is 14.3. The molecule has 30 heavy (non-hydrogen) atoms. The van der Waals surface area contributed by atoms with Gasteiger partial charge >= 0.3 is 0 Å². The van der Waals surface area contributed by atoms with Crippen LogP contribution in [0.25, 0.3) is 11.2 Å². The van der Waals surface area contributed by atoms with Crippen LogP contribution in [0.15, 0.2) is 12.7 Å². The van der Waals surface area contributed by atoms with Crippen molar-refractivity contribution in [1.29, 1.82) is 5.41 Å². The monoisotopic (exact) mass is 429 g/mol. The third-order valence-electron chi connectivity index (χ3n) is 5.48. The standard InChI is InChI=1S/C16H23N5O9/c17-13-7-14(20(3-18-7)15-11(27)9(25)6(2-23)30-15)21(4-19-13)16-12(28)10(26)8(24)5(1-22)29-16/h3-6,8-12,15-17,22-28H,1-2H2/t5-,6-,8-,9-,10+,11-,12-,15-,16?/m1/s1. The molecule has 166 valence electrons. The lowest BCUT2D eigenvalue weighted by molar-refractivity contribution is -0.250. The van der Waals surface area contributed by atoms with Crippen LogP contribution in [0, 0.1) is 5.41 Å². The molecule has 0 saturated carbocycles. The smallest absolute Gasteiger partial charge is 0.176 e. The summed E-state index contributed by atoms with van der Waals surface area (Å²) in [4.78, 5) is 7.97. The van der Waals surface area contributed by atoms with Gasteiger partial charge in [0.2, 0.25) is 0 Å². The average Bonchev–Trinajstić information content (AvgIpc) is 3.30. The molecule has 2 fully saturated rings. The molecule has 2 aliphatic rings. The highest BCUT2D eigenvalue weighted by molar-refractivity contribution is 5.69. The first kappa shape index (κ1) is 21.2. The minimum absolute atomic E-state index is 0.0344. The maximum absolute atomic E-state index is 10.5. The highest BCUT2D eigenvalue weighted by atomic mass is 16.6. The number of hydrogen-bond donors (Lipinski definition) is 8. The predicted octanol–water partition coefficient (Wildman–Crippen LogP) is -4.70. The van der Waals surface area contributed by atoms with Gasteiger partial charge in [0.05, 0.1) is 19.5 Å². The second-order valence-corrected chi connectivity index (χ2v) is 7.27. The van der Waals surface area contributed by atoms with Crippen molar-refractivity contribution in [3.8, 4) is 0 Å². The molecule has 0 bridgehead atoms. The molecule has 0 radical (unpaired) electrons. The van der Waals surface area contributed by atoms with Crippen molar-refractivity contribution in [1.82, 2.24) is 19.1 Å². The number of imidazole rings is 1. The number of nitrogens with zero attached hydrogens (tertiary/aromatic N) is 4. The van der Waals surface area contributed by atoms with Crippen molar-refractivity contribution in [2.75, 3.05) is 13.2 Å². The lowest BCUT2D eigenvalue weighted by atomic mass is 9.98. The maximum atomic E-state index is 10.5. The van der Waals surface area contributed by atoms with Gasteiger partial charge in [-0.15, -0.1) is 0 Å². The van der Waals surface area contributed by atoms with Gasteiger partial charge in [0.25, 0.3) is 0 Å². The Balaban J connectivity index is 1.83. The fourth-order valence-electron chi connectivity index (χ4n) is 3.81. The van der Waals surface area contributed by atoms with E-state index in [2.05, 4.69) is 9.97 Å². The van der Waals surface area contributed by atoms with Gasteiger partial charge in [-0.25, -0.2) is 9.97 Å². The summed E-state index contributed by atoms with van der Waals surface area (Å²) in [7, 11) is 0. The molecule has 8 N–H and O–H groups in total. The molecule has 4 heterocycles. The molecular weight excluding hydrogens is 406 g/mol. The fraction of sp³-hybridized carbons (Fsp3) is 0.688. The lowest BCUT2D eigenvalue weighted by Crippen LogP contribution is -2.56. The van der Waals surface area contributed by atoms with Gasteiger partial charge in [-0.2, -0.15) is 0 Å². The SMILES string of the molecule is N=c1ncn(C2O[C@H](CO)[C@@H](O)[C@H](O)[C@H]2O)c2c1ncn2[C@@H]1O[C@H](CO)[C@@H](O)[C@H]1O. The molecule has 2 aromatic heterocycles. The Morgan fingerprint density at radius 2 is 1.23 bits per heavy atom. The zero-order chi connectivity index (χ0) is 21.7. The second-order valence-electron chi connectivity index (χ2n) is 7.27. The number of rotatable bonds is 4. The summed E-state index contributed by atoms with van der Waals surface area (Å²) in [5.41, 5.74) is -0.113. The van der Waals surface area contributed by atoms with E-state index < -0.39 is 68.4 Å². The largest absolute Gasteiger partial charge is 0.394 e. The van der Waals surface area contributed by atoms with Crippen LogP contribution in [-0.4, -0.2) is 111 Å². The third-order valence-corrected chi connectivity index (χ3v) is 5.48. The van der Waals surface area contributed by atoms with Gasteiger partial charge in [0, 0.05) is 0 Å². The molecule has 2 saturated heterocycles. The van der Waals surface area contributed by atoms with E-state index in [4.69, 9.17) is 14.9 Å². The van der Waals surface area contributed by atoms with Gasteiger partial charge in [0.1, 0.15) is 54.7 Å². The van der Waals surface area contributed by atoms with Crippen LogP contribution in [0.5, 0.6) is 0 Å². The number of aliphatic hydroxyl groups excluding tert-OH is 7. The molecule has 0 aromatic carbocycles. The Hall–Kier alpha value is -2.01. The molecule has 2 aromatic rings. The third kappa shape index (κ3) is 3.13. The number of aliphatic hydroxyl groups is 7. The van der Waals surface area contributed by atoms with E-state index in [9.17, 15) is 35.7 Å². The van der Waals surface area contributed by atoms with E-state index in [1.807, 2.05) is 0 Å². The maximum Gasteiger partial charge on any atom is 0.176 e. The minimum Gasteiger partial charge on any atom is -0.394 e. The van der Waals surface area contributed by atoms with Gasteiger partial charge in [-0.1, -0.05) is 0 Å². The van der Waals surface area contributed by atoms with Crippen LogP contribution in [0.4, 0.5) is 0 Å². The highest BCUT2D eigenvalue weighted by Crippen LogP contribution is 2.34. The minimum atomic E-state index is -1.65. The molecular formula is C16H23N5O9. The number of hydrogen-bond acceptors (Lipinski definition) is 12. The number of ether oxygens (including phenoxy) is 2. The summed E-state index contributed by atoms with van der Waals surface area (Å²) in [6.45, 7) is -1.18. The summed E-state index contributed by atoms with van der Waals surface area (Å²) in [5, 5.41) is 77.8. The average molecular weight is 429 g/mol. The molecule has 2 aliphatic heterocycles. The van der Waals surface area contributed by atoms with Crippen LogP contribution in [-0.2, 0) is 9.47 Å². The molecule has 14 nitrogen and oxygen atoms in total. The van der Waals surface area contributed by atoms with Crippen molar-refractivity contribution in [2.24, 2.45) is 0 Å². The van der Waals surface area contributed by atoms with E-state index in [0.717, 1.165) is 6.33 Å². The van der Waals surface area contributed by atoms with Gasteiger partial charge in [0.15, 0.2) is 23.5 Å². The van der Waals surface area contributed by atoms with Crippen molar-refractivity contribution >= 4 is 11.2 Å². The summed E-state index contributed by atoms with van der Waals surface area (Å²) in [6.07, 6.45) is -10.1. The zero-order valence-electron chi connectivity index (χ0n) is 15.5. The van der Waals surface area contributed by atoms with Crippen LogP contribution in [0.2, 0.25) is 0 Å². The number of fused-ring (bicyclic) bond motifs is 1. The first-order valence-electron chi connectivity index (χ1n) is 9.21. The topological polar surface area (TPSA) is 220 Å². The molecule has 1 unspecified atom stereocenters. The molecule has 0 aliphatic carbocycles. The van der Waals surface area contributed by atoms with E-state index in [0.29, 0.717) is 0 Å². The predicted molar refractivity (Wildman–Crippen MR) is 93.4 cm³/mol. The molecule has 0 spiro atoms. The molecule has 0 amide bonds. The van der Waals surface area contributed by atoms with Gasteiger partial charge < -0.3 is 45.2 Å². The fourth-order valence-corrected chi connectivity index (χ4v) is 3.81. The Labute approximate surface area is 168 Å². The van der Waals surface area contributed by atoms with E-state index in [1.54, 1.807) is 0 Å². The van der Waals surface area contributed by atoms with E-state index in [-0.39, 0.29) is 16.7 Å². The van der Waals surface area contributed by atoms with Crippen molar-refractivity contribution in [2.45, 2.75) is 55.2 Å². The summed E-state index contributed by atoms with van der Waals surface area (Å²) >= 11 is 0. The second kappa shape index (κ2) is 7.92. The quantitative estimate of drug-likeness (QED) is 0.231. The Kier molecular flexibility index (Phi) is 5.60. The normalized spacial score (nSPS) is 39.6. The van der Waals surface area contributed by atoms with Crippen molar-refractivity contribution < 1.29 is 45.2 Å². The van der Waals surface area contributed by atoms with Crippen LogP contribution < -0.4 is 5.49 Å². The van der Waals surface area contributed by atoms with E-state index in [1.165, 1.54) is 15.5 Å². The van der Waals surface area contributed by atoms with E-state index >= 15 is 0 Å². The Bertz CT molecular complexity index is 964. The molecule has 9 atom stereocenters. The number of aromatic nitrogens is 4. The summed E-state index contributed by atoms with van der Waals surface area (Å²) in [6, 6.07) is 0. The lowest BCUT2D eigenvalue weighted by Gasteiger charge is -2.41. The Morgan fingerprint density at radius 1 is 0.767 bits per heavy atom. The van der Waals surface area contributed by atoms with Crippen LogP contribution in [0.1, 0.15) is 12.5 Å². The van der Waals surface area contributed by atoms with Crippen LogP contribution >= 0.6 is 0 Å². The van der Waals surface area contributed by atoms with Crippen molar-refractivity contribution in [3.63, 3.8) is 0 Å². The first-order valence-corrected chi connectivity index (χ1v) is 9.21. The van der Waals surface area contributed by atoms with Gasteiger partial charge in [-0.05, 0) is 0 Å².